The molecule has 1 aromatic heterocycles. The van der Waals surface area contributed by atoms with Crippen molar-refractivity contribution in [3.63, 3.8) is 0 Å². The summed E-state index contributed by atoms with van der Waals surface area (Å²) < 4.78 is 43.2. The minimum absolute atomic E-state index is 0.0872. The van der Waals surface area contributed by atoms with Crippen LogP contribution in [0.25, 0.3) is 5.69 Å². The van der Waals surface area contributed by atoms with E-state index in [9.17, 15) is 27.6 Å². The highest BCUT2D eigenvalue weighted by molar-refractivity contribution is 6.42. The number of hydrogen-bond donors (Lipinski definition) is 2. The first-order chi connectivity index (χ1) is 19.4. The molecule has 2 atom stereocenters. The van der Waals surface area contributed by atoms with Crippen LogP contribution in [0, 0.1) is 5.92 Å². The molecule has 0 saturated heterocycles. The maximum absolute atomic E-state index is 14.0. The van der Waals surface area contributed by atoms with Crippen LogP contribution < -0.4 is 16.2 Å². The van der Waals surface area contributed by atoms with Gasteiger partial charge in [-0.25, -0.2) is 9.55 Å². The van der Waals surface area contributed by atoms with Crippen LogP contribution in [0.2, 0.25) is 10.0 Å². The third-order valence-electron chi connectivity index (χ3n) is 7.39. The van der Waals surface area contributed by atoms with Gasteiger partial charge in [-0.3, -0.25) is 14.4 Å². The van der Waals surface area contributed by atoms with E-state index in [2.05, 4.69) is 15.6 Å². The van der Waals surface area contributed by atoms with Crippen molar-refractivity contribution < 1.29 is 22.8 Å². The first kappa shape index (κ1) is 28.9. The summed E-state index contributed by atoms with van der Waals surface area (Å²) in [6.07, 6.45) is -3.64. The van der Waals surface area contributed by atoms with Crippen LogP contribution in [-0.4, -0.2) is 51.6 Å². The van der Waals surface area contributed by atoms with Gasteiger partial charge >= 0.3 is 6.18 Å². The van der Waals surface area contributed by atoms with Crippen LogP contribution in [0.3, 0.4) is 0 Å². The molecule has 216 valence electrons. The maximum Gasteiger partial charge on any atom is 0.408 e. The molecule has 2 amide bonds. The van der Waals surface area contributed by atoms with Gasteiger partial charge in [0.1, 0.15) is 6.04 Å². The normalized spacial score (nSPS) is 17.5. The second kappa shape index (κ2) is 11.0. The Balaban J connectivity index is 1.58. The first-order valence-electron chi connectivity index (χ1n) is 13.0. The summed E-state index contributed by atoms with van der Waals surface area (Å²) >= 11 is 12.1. The monoisotopic (exact) mass is 607 g/mol. The van der Waals surface area contributed by atoms with Crippen LogP contribution in [0.1, 0.15) is 51.7 Å². The number of nitrogens with one attached hydrogen (secondary N) is 2. The number of rotatable bonds is 6. The molecule has 2 heterocycles. The lowest BCUT2D eigenvalue weighted by Crippen LogP contribution is -2.47. The summed E-state index contributed by atoms with van der Waals surface area (Å²) in [5.41, 5.74) is 0.810. The second-order valence-electron chi connectivity index (χ2n) is 10.2. The Hall–Kier alpha value is -3.57. The number of benzene rings is 2. The van der Waals surface area contributed by atoms with Crippen LogP contribution in [0.5, 0.6) is 0 Å². The molecule has 41 heavy (non-hydrogen) atoms. The van der Waals surface area contributed by atoms with E-state index in [1.165, 1.54) is 54.4 Å². The molecule has 1 saturated carbocycles. The molecule has 0 bridgehead atoms. The fourth-order valence-corrected chi connectivity index (χ4v) is 5.30. The van der Waals surface area contributed by atoms with Gasteiger partial charge in [0, 0.05) is 29.8 Å². The standard InChI is InChI=1S/C28H26Cl2F3N5O3/c1-14-11-19-22(13-37(14)25(40)17-7-10-20(29)21(30)12-17)35-27(36-23(15-3-4-15)28(31,32)33)38(26(19)41)18-8-5-16(6-9-18)24(39)34-2/h5-10,12,14-15,23H,3-4,11,13H2,1-2H3,(H,34,39)(H,35,36)/t14-,23?/m1/s1. The number of fused-ring (bicyclic) bond motifs is 1. The average molecular weight is 608 g/mol. The SMILES string of the molecule is CNC(=O)c1ccc(-n2c(NC(C3CC3)C(F)(F)F)nc3c(c2=O)C[C@@H](C)N(C(=O)c2ccc(Cl)c(Cl)c2)C3)cc1. The Morgan fingerprint density at radius 3 is 2.29 bits per heavy atom. The lowest BCUT2D eigenvalue weighted by atomic mass is 9.98. The average Bonchev–Trinajstić information content (AvgIpc) is 3.77. The highest BCUT2D eigenvalue weighted by atomic mass is 35.5. The molecule has 0 radical (unpaired) electrons. The summed E-state index contributed by atoms with van der Waals surface area (Å²) in [4.78, 5) is 45.3. The summed E-state index contributed by atoms with van der Waals surface area (Å²) in [6, 6.07) is 8.08. The lowest BCUT2D eigenvalue weighted by molar-refractivity contribution is -0.146. The minimum Gasteiger partial charge on any atom is -0.355 e. The van der Waals surface area contributed by atoms with Gasteiger partial charge < -0.3 is 15.5 Å². The molecule has 1 fully saturated rings. The van der Waals surface area contributed by atoms with Crippen molar-refractivity contribution in [1.82, 2.24) is 19.8 Å². The number of carbonyl (C=O) groups is 2. The zero-order chi connectivity index (χ0) is 29.6. The molecule has 2 aliphatic rings. The Bertz CT molecular complexity index is 1570. The quantitative estimate of drug-likeness (QED) is 0.399. The Kier molecular flexibility index (Phi) is 7.78. The van der Waals surface area contributed by atoms with Gasteiger partial charge in [-0.15, -0.1) is 0 Å². The molecule has 3 aromatic rings. The highest BCUT2D eigenvalue weighted by Crippen LogP contribution is 2.42. The second-order valence-corrected chi connectivity index (χ2v) is 11.1. The smallest absolute Gasteiger partial charge is 0.355 e. The topological polar surface area (TPSA) is 96.3 Å². The van der Waals surface area contributed by atoms with E-state index < -0.39 is 29.7 Å². The minimum atomic E-state index is -4.58. The maximum atomic E-state index is 14.0. The first-order valence-corrected chi connectivity index (χ1v) is 13.7. The van der Waals surface area contributed by atoms with Crippen LogP contribution in [0.15, 0.2) is 47.3 Å². The number of carbonyl (C=O) groups excluding carboxylic acids is 2. The Morgan fingerprint density at radius 2 is 1.71 bits per heavy atom. The fraction of sp³-hybridized carbons (Fsp3) is 0.357. The van der Waals surface area contributed by atoms with Crippen molar-refractivity contribution in [2.45, 2.75) is 51.0 Å². The number of amides is 2. The van der Waals surface area contributed by atoms with E-state index >= 15 is 0 Å². The van der Waals surface area contributed by atoms with Crippen LogP contribution in [-0.2, 0) is 13.0 Å². The number of alkyl halides is 3. The molecule has 1 unspecified atom stereocenters. The number of halogens is 5. The molecule has 1 aliphatic heterocycles. The van der Waals surface area contributed by atoms with Crippen molar-refractivity contribution in [2.24, 2.45) is 5.92 Å². The number of aromatic nitrogens is 2. The van der Waals surface area contributed by atoms with E-state index in [1.54, 1.807) is 6.92 Å². The third kappa shape index (κ3) is 5.78. The Labute approximate surface area is 243 Å². The van der Waals surface area contributed by atoms with Crippen molar-refractivity contribution in [1.29, 1.82) is 0 Å². The van der Waals surface area contributed by atoms with Crippen molar-refractivity contribution in [3.8, 4) is 5.69 Å². The van der Waals surface area contributed by atoms with E-state index in [-0.39, 0.29) is 57.7 Å². The van der Waals surface area contributed by atoms with Gasteiger partial charge in [-0.05, 0) is 74.6 Å². The molecule has 0 spiro atoms. The molecule has 8 nitrogen and oxygen atoms in total. The number of anilines is 1. The van der Waals surface area contributed by atoms with E-state index in [4.69, 9.17) is 23.2 Å². The van der Waals surface area contributed by atoms with Gasteiger partial charge in [-0.2, -0.15) is 13.2 Å². The highest BCUT2D eigenvalue weighted by Gasteiger charge is 2.49. The van der Waals surface area contributed by atoms with E-state index in [1.807, 2.05) is 0 Å². The van der Waals surface area contributed by atoms with E-state index in [0.717, 1.165) is 4.57 Å². The van der Waals surface area contributed by atoms with Crippen LogP contribution >= 0.6 is 23.2 Å². The van der Waals surface area contributed by atoms with Crippen molar-refractivity contribution >= 4 is 41.0 Å². The largest absolute Gasteiger partial charge is 0.408 e. The van der Waals surface area contributed by atoms with Gasteiger partial charge in [-0.1, -0.05) is 23.2 Å². The molecule has 2 aromatic carbocycles. The summed E-state index contributed by atoms with van der Waals surface area (Å²) in [7, 11) is 1.47. The summed E-state index contributed by atoms with van der Waals surface area (Å²) in [6.45, 7) is 1.69. The predicted molar refractivity (Wildman–Crippen MR) is 149 cm³/mol. The predicted octanol–water partition coefficient (Wildman–Crippen LogP) is 5.24. The molecule has 2 N–H and O–H groups in total. The van der Waals surface area contributed by atoms with Gasteiger partial charge in [0.15, 0.2) is 0 Å². The van der Waals surface area contributed by atoms with Gasteiger partial charge in [0.25, 0.3) is 17.4 Å². The summed E-state index contributed by atoms with van der Waals surface area (Å²) in [5.74, 6) is -1.65. The summed E-state index contributed by atoms with van der Waals surface area (Å²) in [5, 5.41) is 5.49. The van der Waals surface area contributed by atoms with Crippen molar-refractivity contribution in [2.75, 3.05) is 12.4 Å². The van der Waals surface area contributed by atoms with Gasteiger partial charge in [0.2, 0.25) is 5.95 Å². The molecule has 13 heteroatoms. The Morgan fingerprint density at radius 1 is 1.05 bits per heavy atom. The zero-order valence-electron chi connectivity index (χ0n) is 22.1. The number of hydrogen-bond acceptors (Lipinski definition) is 5. The molecule has 5 rings (SSSR count). The third-order valence-corrected chi connectivity index (χ3v) is 8.13. The lowest BCUT2D eigenvalue weighted by Gasteiger charge is -2.35. The van der Waals surface area contributed by atoms with Gasteiger partial charge in [0.05, 0.1) is 28.0 Å². The fourth-order valence-electron chi connectivity index (χ4n) is 5.00. The van der Waals surface area contributed by atoms with E-state index in [0.29, 0.717) is 24.0 Å². The van der Waals surface area contributed by atoms with Crippen molar-refractivity contribution in [3.05, 3.63) is 85.2 Å². The zero-order valence-corrected chi connectivity index (χ0v) is 23.6. The molecule has 1 aliphatic carbocycles. The number of nitrogens with zero attached hydrogens (tertiary/aromatic N) is 3. The molecular formula is C28H26Cl2F3N5O3. The molecular weight excluding hydrogens is 582 g/mol. The van der Waals surface area contributed by atoms with Crippen LogP contribution in [0.4, 0.5) is 19.1 Å².